The van der Waals surface area contributed by atoms with E-state index in [1.807, 2.05) is 20.8 Å². The molecular formula is C21H45NO3Sn. The molecule has 0 heterocycles. The average Bonchev–Trinajstić information content (AvgIpc) is 2.58. The molecule has 0 aromatic heterocycles. The van der Waals surface area contributed by atoms with Crippen molar-refractivity contribution < 1.29 is 14.6 Å². The zero-order valence-electron chi connectivity index (χ0n) is 18.6. The summed E-state index contributed by atoms with van der Waals surface area (Å²) in [5.41, 5.74) is -0.531. The number of carbonyl (C=O) groups excluding carboxylic acids is 1. The van der Waals surface area contributed by atoms with Crippen LogP contribution in [0.15, 0.2) is 0 Å². The second-order valence-corrected chi connectivity index (χ2v) is 22.6. The summed E-state index contributed by atoms with van der Waals surface area (Å²) in [6.45, 7) is 14.4. The Balaban J connectivity index is 5.76. The molecule has 1 atom stereocenters. The molecule has 0 saturated carbocycles. The Labute approximate surface area is 166 Å². The molecule has 1 amide bonds. The molecule has 0 aliphatic heterocycles. The number of nitrogens with zero attached hydrogens (tertiary/aromatic N) is 1. The van der Waals surface area contributed by atoms with Gasteiger partial charge < -0.3 is 0 Å². The Morgan fingerprint density at radius 2 is 1.38 bits per heavy atom. The maximum atomic E-state index is 12.8. The molecule has 0 unspecified atom stereocenters. The van der Waals surface area contributed by atoms with Gasteiger partial charge in [0.1, 0.15) is 0 Å². The minimum atomic E-state index is -2.67. The number of amides is 1. The molecule has 0 radical (unpaired) electrons. The second kappa shape index (κ2) is 13.2. The summed E-state index contributed by atoms with van der Waals surface area (Å²) >= 11 is -2.67. The van der Waals surface area contributed by atoms with E-state index < -0.39 is 24.0 Å². The summed E-state index contributed by atoms with van der Waals surface area (Å²) in [5, 5.41) is 10.1. The topological polar surface area (TPSA) is 49.8 Å². The van der Waals surface area contributed by atoms with Gasteiger partial charge in [-0.1, -0.05) is 0 Å². The molecule has 0 aliphatic rings. The van der Waals surface area contributed by atoms with Crippen LogP contribution in [0.2, 0.25) is 13.3 Å². The van der Waals surface area contributed by atoms with Crippen molar-refractivity contribution in [3.05, 3.63) is 0 Å². The molecular weight excluding hydrogens is 433 g/mol. The fourth-order valence-electron chi connectivity index (χ4n) is 4.05. The standard InChI is InChI=1S/C9H18NO3.3C4H9.Sn/c1-5-6-10(7-11)8(12)13-9(2,3)4;3*1-3-4-2;/h6,11H,5,7H2,1-4H3;3*1,3-4H2,2H3;. The second-order valence-electron chi connectivity index (χ2n) is 8.69. The van der Waals surface area contributed by atoms with Crippen LogP contribution in [0.5, 0.6) is 0 Å². The van der Waals surface area contributed by atoms with Gasteiger partial charge >= 0.3 is 167 Å². The van der Waals surface area contributed by atoms with Crippen LogP contribution in [0.4, 0.5) is 4.79 Å². The van der Waals surface area contributed by atoms with Crippen molar-refractivity contribution >= 4 is 24.5 Å². The van der Waals surface area contributed by atoms with Crippen LogP contribution in [0, 0.1) is 0 Å². The Hall–Kier alpha value is 0.0287. The molecule has 4 nitrogen and oxygen atoms in total. The first kappa shape index (κ1) is 26.0. The van der Waals surface area contributed by atoms with E-state index in [9.17, 15) is 9.90 Å². The van der Waals surface area contributed by atoms with Gasteiger partial charge in [0.25, 0.3) is 0 Å². The van der Waals surface area contributed by atoms with E-state index in [-0.39, 0.29) is 16.9 Å². The number of aliphatic hydroxyl groups is 1. The molecule has 1 N–H and O–H groups in total. The van der Waals surface area contributed by atoms with Crippen LogP contribution in [0.25, 0.3) is 0 Å². The maximum absolute atomic E-state index is 12.8. The third-order valence-electron chi connectivity index (χ3n) is 5.33. The fourth-order valence-corrected chi connectivity index (χ4v) is 23.0. The van der Waals surface area contributed by atoms with Crippen LogP contribution in [0.3, 0.4) is 0 Å². The van der Waals surface area contributed by atoms with Gasteiger partial charge in [0.05, 0.1) is 0 Å². The van der Waals surface area contributed by atoms with Crippen molar-refractivity contribution in [1.82, 2.24) is 4.90 Å². The molecule has 0 aromatic carbocycles. The van der Waals surface area contributed by atoms with Gasteiger partial charge in [0.15, 0.2) is 0 Å². The Kier molecular flexibility index (Phi) is 13.3. The third kappa shape index (κ3) is 8.81. The van der Waals surface area contributed by atoms with Gasteiger partial charge in [0.2, 0.25) is 0 Å². The van der Waals surface area contributed by atoms with Crippen molar-refractivity contribution in [2.75, 3.05) is 6.73 Å². The molecule has 5 heteroatoms. The quantitative estimate of drug-likeness (QED) is 0.248. The summed E-state index contributed by atoms with van der Waals surface area (Å²) < 4.78 is 9.84. The molecule has 0 aromatic rings. The molecule has 0 aliphatic carbocycles. The van der Waals surface area contributed by atoms with E-state index in [1.54, 1.807) is 4.90 Å². The number of hydrogen-bond donors (Lipinski definition) is 1. The van der Waals surface area contributed by atoms with Crippen molar-refractivity contribution in [1.29, 1.82) is 0 Å². The summed E-state index contributed by atoms with van der Waals surface area (Å²) in [4.78, 5) is 14.5. The Bertz CT molecular complexity index is 360. The van der Waals surface area contributed by atoms with Gasteiger partial charge in [-0.25, -0.2) is 0 Å². The zero-order chi connectivity index (χ0) is 20.2. The average molecular weight is 478 g/mol. The summed E-state index contributed by atoms with van der Waals surface area (Å²) in [5.74, 6) is 0. The predicted molar refractivity (Wildman–Crippen MR) is 114 cm³/mol. The van der Waals surface area contributed by atoms with Crippen LogP contribution < -0.4 is 0 Å². The summed E-state index contributed by atoms with van der Waals surface area (Å²) in [7, 11) is 0. The van der Waals surface area contributed by atoms with Gasteiger partial charge in [-0.2, -0.15) is 0 Å². The number of hydrogen-bond acceptors (Lipinski definition) is 3. The van der Waals surface area contributed by atoms with Crippen LogP contribution >= 0.6 is 0 Å². The number of carbonyl (C=O) groups is 1. The SMILES string of the molecule is CCC[CH2][Sn]([CH2]CCC)([CH2]CCC)[C@H](CC)N(CO)C(=O)OC(C)(C)C. The van der Waals surface area contributed by atoms with Crippen LogP contribution in [-0.2, 0) is 4.74 Å². The van der Waals surface area contributed by atoms with E-state index in [1.165, 1.54) is 51.8 Å². The monoisotopic (exact) mass is 479 g/mol. The first-order valence-corrected chi connectivity index (χ1v) is 18.5. The molecule has 0 rings (SSSR count). The van der Waals surface area contributed by atoms with Gasteiger partial charge in [-0.05, 0) is 0 Å². The van der Waals surface area contributed by atoms with Crippen molar-refractivity contribution in [3.63, 3.8) is 0 Å². The minimum absolute atomic E-state index is 0.226. The number of unbranched alkanes of at least 4 members (excludes halogenated alkanes) is 3. The Morgan fingerprint density at radius 3 is 1.65 bits per heavy atom. The van der Waals surface area contributed by atoms with E-state index in [4.69, 9.17) is 4.74 Å². The molecule has 156 valence electrons. The van der Waals surface area contributed by atoms with Crippen molar-refractivity contribution in [2.45, 2.75) is 116 Å². The number of aliphatic hydroxyl groups excluding tert-OH is 1. The predicted octanol–water partition coefficient (Wildman–Crippen LogP) is 6.34. The van der Waals surface area contributed by atoms with Crippen molar-refractivity contribution in [2.24, 2.45) is 0 Å². The first-order valence-electron chi connectivity index (χ1n) is 10.8. The molecule has 0 fully saturated rings. The summed E-state index contributed by atoms with van der Waals surface area (Å²) in [6.07, 6.45) is 8.00. The van der Waals surface area contributed by atoms with E-state index in [0.717, 1.165) is 6.42 Å². The van der Waals surface area contributed by atoms with Crippen molar-refractivity contribution in [3.8, 4) is 0 Å². The Morgan fingerprint density at radius 1 is 0.962 bits per heavy atom. The van der Waals surface area contributed by atoms with Crippen LogP contribution in [-0.4, -0.2) is 50.9 Å². The van der Waals surface area contributed by atoms with E-state index in [2.05, 4.69) is 27.7 Å². The first-order chi connectivity index (χ1) is 12.2. The van der Waals surface area contributed by atoms with Gasteiger partial charge in [0, 0.05) is 0 Å². The fraction of sp³-hybridized carbons (Fsp3) is 0.952. The van der Waals surface area contributed by atoms with E-state index >= 15 is 0 Å². The summed E-state index contributed by atoms with van der Waals surface area (Å²) in [6, 6.07) is 0. The molecule has 0 bridgehead atoms. The third-order valence-corrected chi connectivity index (χ3v) is 23.0. The normalized spacial score (nSPS) is 13.5. The van der Waals surface area contributed by atoms with E-state index in [0.29, 0.717) is 0 Å². The molecule has 0 spiro atoms. The van der Waals surface area contributed by atoms with Gasteiger partial charge in [-0.3, -0.25) is 0 Å². The number of ether oxygens (including phenoxy) is 1. The van der Waals surface area contributed by atoms with Crippen LogP contribution in [0.1, 0.15) is 93.4 Å². The van der Waals surface area contributed by atoms with Gasteiger partial charge in [-0.15, -0.1) is 0 Å². The zero-order valence-corrected chi connectivity index (χ0v) is 21.4. The molecule has 0 saturated heterocycles. The number of rotatable bonds is 13. The molecule has 26 heavy (non-hydrogen) atoms.